The van der Waals surface area contributed by atoms with Crippen molar-refractivity contribution >= 4 is 12.1 Å². The molecule has 3 heteroatoms. The van der Waals surface area contributed by atoms with Crippen LogP contribution in [0.2, 0.25) is 0 Å². The minimum absolute atomic E-state index is 0.0580. The van der Waals surface area contributed by atoms with E-state index in [0.717, 1.165) is 0 Å². The van der Waals surface area contributed by atoms with Crippen LogP contribution in [-0.4, -0.2) is 23.7 Å². The molecule has 1 amide bonds. The van der Waals surface area contributed by atoms with Crippen molar-refractivity contribution in [3.8, 4) is 0 Å². The molecule has 1 aliphatic rings. The van der Waals surface area contributed by atoms with Crippen molar-refractivity contribution in [2.75, 3.05) is 0 Å². The van der Waals surface area contributed by atoms with Gasteiger partial charge in [0.25, 0.3) is 5.91 Å². The first-order valence-corrected chi connectivity index (χ1v) is 4.01. The molecule has 1 N–H and O–H groups in total. The van der Waals surface area contributed by atoms with Gasteiger partial charge in [0.1, 0.15) is 6.04 Å². The smallest absolute Gasteiger partial charge is 0.266 e. The van der Waals surface area contributed by atoms with Crippen molar-refractivity contribution in [2.45, 2.75) is 32.4 Å². The fourth-order valence-electron chi connectivity index (χ4n) is 1.02. The summed E-state index contributed by atoms with van der Waals surface area (Å²) in [6.45, 7) is 6.06. The second-order valence-electron chi connectivity index (χ2n) is 3.87. The second-order valence-corrected chi connectivity index (χ2v) is 3.87. The lowest BCUT2D eigenvalue weighted by Gasteiger charge is -2.25. The monoisotopic (exact) mass is 166 g/mol. The van der Waals surface area contributed by atoms with Crippen LogP contribution in [0.25, 0.3) is 0 Å². The van der Waals surface area contributed by atoms with Gasteiger partial charge in [-0.1, -0.05) is 6.08 Å². The lowest BCUT2D eigenvalue weighted by Crippen LogP contribution is -2.46. The van der Waals surface area contributed by atoms with Gasteiger partial charge >= 0.3 is 0 Å². The summed E-state index contributed by atoms with van der Waals surface area (Å²) in [7, 11) is 0. The number of nitrogens with zero attached hydrogens (tertiary/aromatic N) is 1. The molecule has 0 aromatic rings. The lowest BCUT2D eigenvalue weighted by atomic mass is 10.1. The Morgan fingerprint density at radius 2 is 2.17 bits per heavy atom. The van der Waals surface area contributed by atoms with Crippen LogP contribution >= 0.6 is 0 Å². The van der Waals surface area contributed by atoms with Crippen LogP contribution in [0, 0.1) is 0 Å². The van der Waals surface area contributed by atoms with Crippen LogP contribution in [-0.2, 0) is 4.79 Å². The number of rotatable bonds is 1. The zero-order valence-electron chi connectivity index (χ0n) is 7.66. The molecule has 1 unspecified atom stereocenters. The number of carbonyl (C=O) groups is 1. The summed E-state index contributed by atoms with van der Waals surface area (Å²) in [4.78, 5) is 14.8. The Balaban J connectivity index is 2.59. The maximum Gasteiger partial charge on any atom is 0.266 e. The fourth-order valence-corrected chi connectivity index (χ4v) is 1.02. The van der Waals surface area contributed by atoms with Crippen LogP contribution in [0.15, 0.2) is 17.1 Å². The van der Waals surface area contributed by atoms with Crippen molar-refractivity contribution in [2.24, 2.45) is 4.99 Å². The molecule has 66 valence electrons. The molecule has 1 heterocycles. The number of hydrogen-bond acceptors (Lipinski definition) is 2. The third-order valence-electron chi connectivity index (χ3n) is 1.45. The van der Waals surface area contributed by atoms with Gasteiger partial charge in [-0.05, 0) is 26.8 Å². The highest BCUT2D eigenvalue weighted by Gasteiger charge is 2.21. The second kappa shape index (κ2) is 3.19. The third-order valence-corrected chi connectivity index (χ3v) is 1.45. The summed E-state index contributed by atoms with van der Waals surface area (Å²) < 4.78 is 0. The van der Waals surface area contributed by atoms with Gasteiger partial charge in [-0.15, -0.1) is 0 Å². The normalized spacial score (nSPS) is 23.2. The number of amides is 1. The predicted molar refractivity (Wildman–Crippen MR) is 49.3 cm³/mol. The quantitative estimate of drug-likeness (QED) is 0.629. The van der Waals surface area contributed by atoms with Crippen LogP contribution in [0.1, 0.15) is 20.8 Å². The first-order chi connectivity index (χ1) is 5.49. The molecule has 0 aliphatic carbocycles. The average molecular weight is 166 g/mol. The Kier molecular flexibility index (Phi) is 2.43. The number of carbonyl (C=O) groups excluding carboxylic acids is 1. The van der Waals surface area contributed by atoms with Crippen LogP contribution in [0.4, 0.5) is 0 Å². The molecule has 1 atom stereocenters. The van der Waals surface area contributed by atoms with E-state index in [1.54, 1.807) is 6.08 Å². The van der Waals surface area contributed by atoms with E-state index in [1.807, 2.05) is 26.8 Å². The van der Waals surface area contributed by atoms with Crippen molar-refractivity contribution in [3.63, 3.8) is 0 Å². The SMILES string of the molecule is CC(C)(C)NC1C=CC=NC1=O. The van der Waals surface area contributed by atoms with Gasteiger partial charge in [-0.2, -0.15) is 0 Å². The van der Waals surface area contributed by atoms with E-state index < -0.39 is 0 Å². The highest BCUT2D eigenvalue weighted by atomic mass is 16.1. The van der Waals surface area contributed by atoms with Gasteiger partial charge in [0, 0.05) is 11.8 Å². The third kappa shape index (κ3) is 2.58. The largest absolute Gasteiger partial charge is 0.298 e. The Morgan fingerprint density at radius 3 is 2.67 bits per heavy atom. The van der Waals surface area contributed by atoms with Gasteiger partial charge in [0.05, 0.1) is 0 Å². The van der Waals surface area contributed by atoms with E-state index in [2.05, 4.69) is 10.3 Å². The highest BCUT2D eigenvalue weighted by molar-refractivity contribution is 5.96. The summed E-state index contributed by atoms with van der Waals surface area (Å²) in [6.07, 6.45) is 5.12. The molecule has 0 radical (unpaired) electrons. The molecule has 0 bridgehead atoms. The molecule has 1 aliphatic heterocycles. The molecule has 1 rings (SSSR count). The average Bonchev–Trinajstić information content (AvgIpc) is 1.91. The van der Waals surface area contributed by atoms with E-state index in [-0.39, 0.29) is 17.5 Å². The zero-order chi connectivity index (χ0) is 9.19. The number of hydrogen-bond donors (Lipinski definition) is 1. The first-order valence-electron chi connectivity index (χ1n) is 4.01. The highest BCUT2D eigenvalue weighted by Crippen LogP contribution is 2.05. The zero-order valence-corrected chi connectivity index (χ0v) is 7.66. The van der Waals surface area contributed by atoms with Gasteiger partial charge in [0.2, 0.25) is 0 Å². The molecular weight excluding hydrogens is 152 g/mol. The minimum Gasteiger partial charge on any atom is -0.298 e. The molecule has 0 aromatic carbocycles. The Hall–Kier alpha value is -0.960. The molecule has 0 fully saturated rings. The Bertz CT molecular complexity index is 235. The summed E-state index contributed by atoms with van der Waals surface area (Å²) >= 11 is 0. The van der Waals surface area contributed by atoms with Gasteiger partial charge in [0.15, 0.2) is 0 Å². The van der Waals surface area contributed by atoms with Crippen molar-refractivity contribution in [1.29, 1.82) is 0 Å². The lowest BCUT2D eigenvalue weighted by molar-refractivity contribution is -0.119. The molecule has 12 heavy (non-hydrogen) atoms. The van der Waals surface area contributed by atoms with Crippen LogP contribution < -0.4 is 5.32 Å². The molecule has 0 saturated heterocycles. The van der Waals surface area contributed by atoms with Crippen LogP contribution in [0.5, 0.6) is 0 Å². The number of allylic oxidation sites excluding steroid dienone is 1. The molecule has 0 spiro atoms. The van der Waals surface area contributed by atoms with E-state index in [1.165, 1.54) is 6.21 Å². The first kappa shape index (κ1) is 9.13. The molecule has 0 saturated carbocycles. The fraction of sp³-hybridized carbons (Fsp3) is 0.556. The number of nitrogens with one attached hydrogen (secondary N) is 1. The summed E-state index contributed by atoms with van der Waals surface area (Å²) in [5.41, 5.74) is -0.0580. The van der Waals surface area contributed by atoms with E-state index >= 15 is 0 Å². The summed E-state index contributed by atoms with van der Waals surface area (Å²) in [5.74, 6) is -0.118. The summed E-state index contributed by atoms with van der Waals surface area (Å²) in [5, 5.41) is 3.16. The van der Waals surface area contributed by atoms with Gasteiger partial charge in [-0.25, -0.2) is 4.99 Å². The molecular formula is C9H14N2O. The molecule has 0 aromatic heterocycles. The number of aliphatic imine (C=N–C) groups is 1. The Labute approximate surface area is 72.6 Å². The molecule has 3 nitrogen and oxygen atoms in total. The Morgan fingerprint density at radius 1 is 1.50 bits per heavy atom. The van der Waals surface area contributed by atoms with Crippen molar-refractivity contribution in [1.82, 2.24) is 5.32 Å². The number of dihydropyridines is 1. The van der Waals surface area contributed by atoms with Crippen molar-refractivity contribution < 1.29 is 4.79 Å². The van der Waals surface area contributed by atoms with Crippen molar-refractivity contribution in [3.05, 3.63) is 12.2 Å². The maximum absolute atomic E-state index is 11.2. The maximum atomic E-state index is 11.2. The van der Waals surface area contributed by atoms with Crippen LogP contribution in [0.3, 0.4) is 0 Å². The van der Waals surface area contributed by atoms with E-state index in [4.69, 9.17) is 0 Å². The van der Waals surface area contributed by atoms with E-state index in [0.29, 0.717) is 0 Å². The standard InChI is InChI=1S/C9H14N2O/c1-9(2,3)11-7-5-4-6-10-8(7)12/h4-7,11H,1-3H3. The van der Waals surface area contributed by atoms with Gasteiger partial charge < -0.3 is 0 Å². The topological polar surface area (TPSA) is 41.5 Å². The van der Waals surface area contributed by atoms with E-state index in [9.17, 15) is 4.79 Å². The van der Waals surface area contributed by atoms with Gasteiger partial charge in [-0.3, -0.25) is 10.1 Å². The predicted octanol–water partition coefficient (Wildman–Crippen LogP) is 0.910. The minimum atomic E-state index is -0.255. The summed E-state index contributed by atoms with van der Waals surface area (Å²) in [6, 6.07) is -0.255.